The summed E-state index contributed by atoms with van der Waals surface area (Å²) in [6.45, 7) is 5.83. The summed E-state index contributed by atoms with van der Waals surface area (Å²) in [5.74, 6) is 0.408. The molecule has 0 saturated carbocycles. The van der Waals surface area contributed by atoms with Crippen molar-refractivity contribution in [2.75, 3.05) is 19.6 Å². The second kappa shape index (κ2) is 9.51. The minimum Gasteiger partial charge on any atom is -0.352 e. The lowest BCUT2D eigenvalue weighted by Crippen LogP contribution is -2.31. The van der Waals surface area contributed by atoms with E-state index >= 15 is 0 Å². The van der Waals surface area contributed by atoms with Gasteiger partial charge < -0.3 is 5.32 Å². The summed E-state index contributed by atoms with van der Waals surface area (Å²) in [5, 5.41) is 4.05. The Labute approximate surface area is 194 Å². The fourth-order valence-corrected chi connectivity index (χ4v) is 4.52. The van der Waals surface area contributed by atoms with Crippen molar-refractivity contribution in [2.45, 2.75) is 19.9 Å². The van der Waals surface area contributed by atoms with Crippen LogP contribution in [0.25, 0.3) is 22.3 Å². The minimum absolute atomic E-state index is 0.0530. The summed E-state index contributed by atoms with van der Waals surface area (Å²) in [6, 6.07) is 24.1. The molecule has 5 nitrogen and oxygen atoms in total. The van der Waals surface area contributed by atoms with Crippen molar-refractivity contribution in [3.05, 3.63) is 95.7 Å². The number of hydrogen-bond donors (Lipinski definition) is 1. The van der Waals surface area contributed by atoms with Crippen LogP contribution in [0.4, 0.5) is 0 Å². The lowest BCUT2D eigenvalue weighted by atomic mass is 10.0. The Morgan fingerprint density at radius 3 is 2.67 bits per heavy atom. The van der Waals surface area contributed by atoms with Gasteiger partial charge in [0.1, 0.15) is 0 Å². The molecular formula is C28H28N4O. The third-order valence-electron chi connectivity index (χ3n) is 6.34. The van der Waals surface area contributed by atoms with Crippen LogP contribution < -0.4 is 5.32 Å². The van der Waals surface area contributed by atoms with E-state index in [1.165, 1.54) is 11.1 Å². The van der Waals surface area contributed by atoms with E-state index in [1.54, 1.807) is 6.20 Å². The lowest BCUT2D eigenvalue weighted by molar-refractivity contribution is 0.0949. The highest BCUT2D eigenvalue weighted by molar-refractivity contribution is 6.07. The molecule has 4 aromatic rings. The van der Waals surface area contributed by atoms with E-state index in [1.807, 2.05) is 48.5 Å². The molecule has 3 heterocycles. The molecule has 1 N–H and O–H groups in total. The quantitative estimate of drug-likeness (QED) is 0.469. The number of aromatic nitrogens is 2. The fourth-order valence-electron chi connectivity index (χ4n) is 4.52. The first-order chi connectivity index (χ1) is 16.2. The molecule has 5 rings (SSSR count). The molecule has 0 bridgehead atoms. The maximum absolute atomic E-state index is 13.2. The normalized spacial score (nSPS) is 16.2. The van der Waals surface area contributed by atoms with E-state index < -0.39 is 0 Å². The number of carbonyl (C=O) groups is 1. The van der Waals surface area contributed by atoms with Gasteiger partial charge in [0.15, 0.2) is 0 Å². The van der Waals surface area contributed by atoms with Gasteiger partial charge in [-0.25, -0.2) is 4.98 Å². The molecule has 1 amide bonds. The molecule has 1 saturated heterocycles. The van der Waals surface area contributed by atoms with Crippen LogP contribution in [-0.4, -0.2) is 40.4 Å². The summed E-state index contributed by atoms with van der Waals surface area (Å²) >= 11 is 0. The average Bonchev–Trinajstić information content (AvgIpc) is 3.31. The van der Waals surface area contributed by atoms with Gasteiger partial charge in [-0.3, -0.25) is 14.7 Å². The van der Waals surface area contributed by atoms with E-state index in [0.29, 0.717) is 23.7 Å². The maximum Gasteiger partial charge on any atom is 0.252 e. The van der Waals surface area contributed by atoms with Crippen LogP contribution in [0.5, 0.6) is 0 Å². The number of aryl methyl sites for hydroxylation is 1. The summed E-state index contributed by atoms with van der Waals surface area (Å²) in [5.41, 5.74) is 5.56. The molecule has 0 aliphatic carbocycles. The zero-order valence-corrected chi connectivity index (χ0v) is 18.9. The largest absolute Gasteiger partial charge is 0.352 e. The van der Waals surface area contributed by atoms with Crippen molar-refractivity contribution in [3.63, 3.8) is 0 Å². The Morgan fingerprint density at radius 1 is 1.03 bits per heavy atom. The zero-order chi connectivity index (χ0) is 22.6. The predicted molar refractivity (Wildman–Crippen MR) is 132 cm³/mol. The van der Waals surface area contributed by atoms with Crippen molar-refractivity contribution in [3.8, 4) is 11.4 Å². The summed E-state index contributed by atoms with van der Waals surface area (Å²) in [4.78, 5) is 24.9. The molecule has 2 aromatic carbocycles. The Hall–Kier alpha value is -3.57. The van der Waals surface area contributed by atoms with Crippen molar-refractivity contribution in [2.24, 2.45) is 5.92 Å². The molecule has 1 fully saturated rings. The van der Waals surface area contributed by atoms with Gasteiger partial charge in [-0.2, -0.15) is 0 Å². The number of amides is 1. The first-order valence-electron chi connectivity index (χ1n) is 11.5. The highest BCUT2D eigenvalue weighted by Gasteiger charge is 2.23. The van der Waals surface area contributed by atoms with E-state index in [-0.39, 0.29) is 5.91 Å². The van der Waals surface area contributed by atoms with Gasteiger partial charge in [0.2, 0.25) is 0 Å². The van der Waals surface area contributed by atoms with Crippen LogP contribution >= 0.6 is 0 Å². The van der Waals surface area contributed by atoms with Crippen molar-refractivity contribution >= 4 is 16.8 Å². The number of benzene rings is 2. The molecule has 0 spiro atoms. The first-order valence-corrected chi connectivity index (χ1v) is 11.5. The molecule has 1 aliphatic heterocycles. The molecule has 5 heteroatoms. The van der Waals surface area contributed by atoms with Gasteiger partial charge in [-0.05, 0) is 55.6 Å². The Balaban J connectivity index is 1.27. The average molecular weight is 437 g/mol. The van der Waals surface area contributed by atoms with Crippen LogP contribution in [0.15, 0.2) is 79.0 Å². The van der Waals surface area contributed by atoms with Gasteiger partial charge in [0.25, 0.3) is 5.91 Å². The number of pyridine rings is 2. The predicted octanol–water partition coefficient (Wildman–Crippen LogP) is 4.86. The van der Waals surface area contributed by atoms with Crippen LogP contribution in [0.3, 0.4) is 0 Å². The molecule has 0 unspecified atom stereocenters. The molecule has 1 atom stereocenters. The number of para-hydroxylation sites is 1. The third-order valence-corrected chi connectivity index (χ3v) is 6.34. The highest BCUT2D eigenvalue weighted by atomic mass is 16.1. The molecule has 166 valence electrons. The highest BCUT2D eigenvalue weighted by Crippen LogP contribution is 2.24. The van der Waals surface area contributed by atoms with Crippen LogP contribution in [0.2, 0.25) is 0 Å². The fraction of sp³-hybridized carbons (Fsp3) is 0.250. The monoisotopic (exact) mass is 436 g/mol. The zero-order valence-electron chi connectivity index (χ0n) is 18.9. The van der Waals surface area contributed by atoms with E-state index in [2.05, 4.69) is 46.4 Å². The van der Waals surface area contributed by atoms with Gasteiger partial charge in [-0.1, -0.05) is 54.1 Å². The first kappa shape index (κ1) is 21.3. The van der Waals surface area contributed by atoms with Gasteiger partial charge >= 0.3 is 0 Å². The van der Waals surface area contributed by atoms with Crippen LogP contribution in [0, 0.1) is 12.8 Å². The van der Waals surface area contributed by atoms with Gasteiger partial charge in [0, 0.05) is 31.2 Å². The van der Waals surface area contributed by atoms with E-state index in [9.17, 15) is 4.79 Å². The van der Waals surface area contributed by atoms with E-state index in [0.717, 1.165) is 42.7 Å². The molecule has 33 heavy (non-hydrogen) atoms. The van der Waals surface area contributed by atoms with Crippen molar-refractivity contribution < 1.29 is 4.79 Å². The second-order valence-electron chi connectivity index (χ2n) is 8.87. The SMILES string of the molecule is Cc1ccc(CN2CC[C@@H](CNC(=O)c3cc(-c4ccccn4)nc4ccccc34)C2)cc1. The van der Waals surface area contributed by atoms with Crippen LogP contribution in [0.1, 0.15) is 27.9 Å². The number of nitrogens with one attached hydrogen (secondary N) is 1. The summed E-state index contributed by atoms with van der Waals surface area (Å²) < 4.78 is 0. The number of fused-ring (bicyclic) bond motifs is 1. The molecule has 1 aliphatic rings. The maximum atomic E-state index is 13.2. The van der Waals surface area contributed by atoms with Gasteiger partial charge in [-0.15, -0.1) is 0 Å². The topological polar surface area (TPSA) is 58.1 Å². The molecule has 0 radical (unpaired) electrons. The molecular weight excluding hydrogens is 408 g/mol. The van der Waals surface area contributed by atoms with Crippen LogP contribution in [-0.2, 0) is 6.54 Å². The number of hydrogen-bond acceptors (Lipinski definition) is 4. The number of likely N-dealkylation sites (tertiary alicyclic amines) is 1. The smallest absolute Gasteiger partial charge is 0.252 e. The van der Waals surface area contributed by atoms with Crippen molar-refractivity contribution in [1.29, 1.82) is 0 Å². The minimum atomic E-state index is -0.0530. The molecule has 2 aromatic heterocycles. The number of rotatable bonds is 6. The lowest BCUT2D eigenvalue weighted by Gasteiger charge is -2.17. The number of carbonyl (C=O) groups excluding carboxylic acids is 1. The second-order valence-corrected chi connectivity index (χ2v) is 8.87. The van der Waals surface area contributed by atoms with Gasteiger partial charge in [0.05, 0.1) is 22.5 Å². The summed E-state index contributed by atoms with van der Waals surface area (Å²) in [7, 11) is 0. The van der Waals surface area contributed by atoms with Crippen molar-refractivity contribution in [1.82, 2.24) is 20.2 Å². The standard InChI is InChI=1S/C28H28N4O/c1-20-9-11-21(12-10-20)18-32-15-13-22(19-32)17-30-28(33)24-16-27(26-8-4-5-14-29-26)31-25-7-3-2-6-23(24)25/h2-12,14,16,22H,13,15,17-19H2,1H3,(H,30,33)/t22-/m0/s1. The number of nitrogens with zero attached hydrogens (tertiary/aromatic N) is 3. The summed E-state index contributed by atoms with van der Waals surface area (Å²) in [6.07, 6.45) is 2.84. The Kier molecular flexibility index (Phi) is 6.13. The Morgan fingerprint density at radius 2 is 1.85 bits per heavy atom. The van der Waals surface area contributed by atoms with E-state index in [4.69, 9.17) is 4.98 Å². The third kappa shape index (κ3) is 4.94. The Bertz CT molecular complexity index is 1250.